The van der Waals surface area contributed by atoms with E-state index in [1.807, 2.05) is 0 Å². The van der Waals surface area contributed by atoms with Crippen molar-refractivity contribution in [2.75, 3.05) is 26.2 Å². The highest BCUT2D eigenvalue weighted by Crippen LogP contribution is 2.27. The molecule has 1 aliphatic rings. The van der Waals surface area contributed by atoms with Crippen LogP contribution in [0.1, 0.15) is 38.7 Å². The molecule has 2 heteroatoms. The van der Waals surface area contributed by atoms with E-state index in [0.717, 1.165) is 24.9 Å². The Labute approximate surface area is 118 Å². The molecule has 0 radical (unpaired) electrons. The number of benzene rings is 1. The summed E-state index contributed by atoms with van der Waals surface area (Å²) in [5.41, 5.74) is 1.51. The van der Waals surface area contributed by atoms with Crippen molar-refractivity contribution in [2.24, 2.45) is 5.92 Å². The zero-order valence-corrected chi connectivity index (χ0v) is 12.6. The van der Waals surface area contributed by atoms with Gasteiger partial charge in [-0.15, -0.1) is 0 Å². The maximum absolute atomic E-state index is 3.57. The Hall–Kier alpha value is -0.860. The molecule has 0 spiro atoms. The van der Waals surface area contributed by atoms with Crippen molar-refractivity contribution < 1.29 is 0 Å². The fourth-order valence-electron chi connectivity index (χ4n) is 2.89. The molecule has 2 atom stereocenters. The van der Waals surface area contributed by atoms with Crippen LogP contribution in [0.5, 0.6) is 0 Å². The highest BCUT2D eigenvalue weighted by molar-refractivity contribution is 5.21. The Morgan fingerprint density at radius 2 is 1.89 bits per heavy atom. The van der Waals surface area contributed by atoms with Gasteiger partial charge in [-0.05, 0) is 43.8 Å². The lowest BCUT2D eigenvalue weighted by Crippen LogP contribution is -2.39. The predicted octanol–water partition coefficient (Wildman–Crippen LogP) is 3.11. The van der Waals surface area contributed by atoms with Gasteiger partial charge in [0, 0.05) is 19.1 Å². The molecule has 106 valence electrons. The van der Waals surface area contributed by atoms with Gasteiger partial charge in [0.2, 0.25) is 0 Å². The van der Waals surface area contributed by atoms with Crippen LogP contribution in [0, 0.1) is 5.92 Å². The van der Waals surface area contributed by atoms with Gasteiger partial charge in [-0.25, -0.2) is 0 Å². The normalized spacial score (nSPS) is 22.0. The molecule has 0 bridgehead atoms. The average molecular weight is 260 g/mol. The maximum Gasteiger partial charge on any atom is 0.0192 e. The molecule has 2 rings (SSSR count). The Bertz CT molecular complexity index is 361. The van der Waals surface area contributed by atoms with E-state index in [2.05, 4.69) is 61.3 Å². The van der Waals surface area contributed by atoms with Crippen molar-refractivity contribution in [3.63, 3.8) is 0 Å². The third kappa shape index (κ3) is 4.32. The van der Waals surface area contributed by atoms with Crippen molar-refractivity contribution in [3.05, 3.63) is 35.9 Å². The summed E-state index contributed by atoms with van der Waals surface area (Å²) in [5, 5.41) is 3.57. The molecule has 0 aromatic heterocycles. The zero-order valence-electron chi connectivity index (χ0n) is 12.6. The summed E-state index contributed by atoms with van der Waals surface area (Å²) in [4.78, 5) is 2.63. The molecule has 1 N–H and O–H groups in total. The third-order valence-corrected chi connectivity index (χ3v) is 4.11. The van der Waals surface area contributed by atoms with Crippen LogP contribution in [0.25, 0.3) is 0 Å². The molecule has 0 aliphatic carbocycles. The van der Waals surface area contributed by atoms with Gasteiger partial charge in [0.25, 0.3) is 0 Å². The minimum atomic E-state index is 0.646. The first-order valence-electron chi connectivity index (χ1n) is 7.66. The van der Waals surface area contributed by atoms with Crippen molar-refractivity contribution >= 4 is 0 Å². The molecule has 2 unspecified atom stereocenters. The first-order chi connectivity index (χ1) is 9.16. The van der Waals surface area contributed by atoms with Gasteiger partial charge in [0.05, 0.1) is 0 Å². The number of likely N-dealkylation sites (tertiary alicyclic amines) is 1. The second kappa shape index (κ2) is 7.06. The first kappa shape index (κ1) is 14.5. The summed E-state index contributed by atoms with van der Waals surface area (Å²) in [7, 11) is 0. The Morgan fingerprint density at radius 3 is 2.58 bits per heavy atom. The lowest BCUT2D eigenvalue weighted by atomic mass is 9.99. The monoisotopic (exact) mass is 260 g/mol. The van der Waals surface area contributed by atoms with Crippen molar-refractivity contribution in [1.82, 2.24) is 10.2 Å². The quantitative estimate of drug-likeness (QED) is 0.845. The van der Waals surface area contributed by atoms with Gasteiger partial charge in [-0.1, -0.05) is 44.2 Å². The molecular formula is C17H28N2. The molecule has 0 amide bonds. The fraction of sp³-hybridized carbons (Fsp3) is 0.647. The summed E-state index contributed by atoms with van der Waals surface area (Å²) in [6.45, 7) is 11.6. The number of hydrogen-bond donors (Lipinski definition) is 1. The molecule has 1 heterocycles. The van der Waals surface area contributed by atoms with E-state index in [4.69, 9.17) is 0 Å². The SMILES string of the molecule is CC(C)CNCC(C)N1CCC(c2ccccc2)C1. The molecule has 1 fully saturated rings. The highest BCUT2D eigenvalue weighted by atomic mass is 15.2. The first-order valence-corrected chi connectivity index (χ1v) is 7.66. The largest absolute Gasteiger partial charge is 0.315 e. The molecule has 1 aromatic rings. The number of nitrogens with one attached hydrogen (secondary N) is 1. The van der Waals surface area contributed by atoms with Crippen LogP contribution in [-0.4, -0.2) is 37.1 Å². The standard InChI is InChI=1S/C17H28N2/c1-14(2)11-18-12-15(3)19-10-9-17(13-19)16-7-5-4-6-8-16/h4-8,14-15,17-18H,9-13H2,1-3H3. The van der Waals surface area contributed by atoms with Crippen molar-refractivity contribution in [2.45, 2.75) is 39.2 Å². The predicted molar refractivity (Wildman–Crippen MR) is 82.5 cm³/mol. The van der Waals surface area contributed by atoms with Gasteiger partial charge < -0.3 is 5.32 Å². The summed E-state index contributed by atoms with van der Waals surface area (Å²) < 4.78 is 0. The van der Waals surface area contributed by atoms with E-state index in [1.54, 1.807) is 0 Å². The minimum absolute atomic E-state index is 0.646. The second-order valence-corrected chi connectivity index (χ2v) is 6.29. The van der Waals surface area contributed by atoms with Gasteiger partial charge in [-0.3, -0.25) is 4.90 Å². The van der Waals surface area contributed by atoms with Crippen LogP contribution in [0.4, 0.5) is 0 Å². The second-order valence-electron chi connectivity index (χ2n) is 6.29. The molecule has 1 aliphatic heterocycles. The van der Waals surface area contributed by atoms with Gasteiger partial charge in [0.15, 0.2) is 0 Å². The van der Waals surface area contributed by atoms with Crippen LogP contribution in [-0.2, 0) is 0 Å². The van der Waals surface area contributed by atoms with Crippen molar-refractivity contribution in [1.29, 1.82) is 0 Å². The van der Waals surface area contributed by atoms with E-state index in [9.17, 15) is 0 Å². The number of rotatable bonds is 6. The number of hydrogen-bond acceptors (Lipinski definition) is 2. The van der Waals surface area contributed by atoms with E-state index < -0.39 is 0 Å². The summed E-state index contributed by atoms with van der Waals surface area (Å²) in [6, 6.07) is 11.6. The fourth-order valence-corrected chi connectivity index (χ4v) is 2.89. The molecular weight excluding hydrogens is 232 g/mol. The van der Waals surface area contributed by atoms with Gasteiger partial charge >= 0.3 is 0 Å². The minimum Gasteiger partial charge on any atom is -0.315 e. The van der Waals surface area contributed by atoms with E-state index >= 15 is 0 Å². The lowest BCUT2D eigenvalue weighted by Gasteiger charge is -2.25. The lowest BCUT2D eigenvalue weighted by molar-refractivity contribution is 0.247. The summed E-state index contributed by atoms with van der Waals surface area (Å²) in [5.74, 6) is 1.47. The topological polar surface area (TPSA) is 15.3 Å². The van der Waals surface area contributed by atoms with Crippen LogP contribution in [0.15, 0.2) is 30.3 Å². The average Bonchev–Trinajstić information content (AvgIpc) is 2.89. The summed E-state index contributed by atoms with van der Waals surface area (Å²) in [6.07, 6.45) is 1.30. The molecule has 19 heavy (non-hydrogen) atoms. The Kier molecular flexibility index (Phi) is 5.41. The zero-order chi connectivity index (χ0) is 13.7. The molecule has 0 saturated carbocycles. The van der Waals surface area contributed by atoms with Gasteiger partial charge in [0.1, 0.15) is 0 Å². The Balaban J connectivity index is 1.78. The molecule has 1 aromatic carbocycles. The van der Waals surface area contributed by atoms with E-state index in [0.29, 0.717) is 6.04 Å². The molecule has 1 saturated heterocycles. The van der Waals surface area contributed by atoms with Crippen LogP contribution in [0.3, 0.4) is 0 Å². The smallest absolute Gasteiger partial charge is 0.0192 e. The van der Waals surface area contributed by atoms with Gasteiger partial charge in [-0.2, -0.15) is 0 Å². The van der Waals surface area contributed by atoms with Crippen LogP contribution < -0.4 is 5.32 Å². The maximum atomic E-state index is 3.57. The van der Waals surface area contributed by atoms with Crippen molar-refractivity contribution in [3.8, 4) is 0 Å². The summed E-state index contributed by atoms with van der Waals surface area (Å²) >= 11 is 0. The number of nitrogens with zero attached hydrogens (tertiary/aromatic N) is 1. The molecule has 2 nitrogen and oxygen atoms in total. The van der Waals surface area contributed by atoms with Crippen LogP contribution in [0.2, 0.25) is 0 Å². The third-order valence-electron chi connectivity index (χ3n) is 4.11. The van der Waals surface area contributed by atoms with Crippen LogP contribution >= 0.6 is 0 Å². The Morgan fingerprint density at radius 1 is 1.16 bits per heavy atom. The van der Waals surface area contributed by atoms with E-state index in [1.165, 1.54) is 25.1 Å². The highest BCUT2D eigenvalue weighted by Gasteiger charge is 2.26. The van der Waals surface area contributed by atoms with E-state index in [-0.39, 0.29) is 0 Å².